The normalized spacial score (nSPS) is 11.7. The summed E-state index contributed by atoms with van der Waals surface area (Å²) in [5.41, 5.74) is 0.253. The number of halogens is 1. The molecule has 0 aliphatic rings. The third kappa shape index (κ3) is 4.36. The van der Waals surface area contributed by atoms with Crippen molar-refractivity contribution in [2.24, 2.45) is 0 Å². The molecule has 0 bridgehead atoms. The van der Waals surface area contributed by atoms with E-state index >= 15 is 0 Å². The Balaban J connectivity index is 3.06. The van der Waals surface area contributed by atoms with E-state index in [-0.39, 0.29) is 17.8 Å². The van der Waals surface area contributed by atoms with E-state index in [1.54, 1.807) is 18.2 Å². The molecule has 20 heavy (non-hydrogen) atoms. The van der Waals surface area contributed by atoms with Crippen LogP contribution < -0.4 is 10.1 Å². The lowest BCUT2D eigenvalue weighted by Gasteiger charge is -2.16. The maximum Gasteiger partial charge on any atom is 0.305 e. The van der Waals surface area contributed by atoms with Gasteiger partial charge < -0.3 is 15.2 Å². The predicted molar refractivity (Wildman–Crippen MR) is 76.6 cm³/mol. The Kier molecular flexibility index (Phi) is 6.21. The molecule has 1 aromatic carbocycles. The lowest BCUT2D eigenvalue weighted by atomic mass is 10.0. The van der Waals surface area contributed by atoms with Crippen molar-refractivity contribution in [2.75, 3.05) is 13.7 Å². The molecule has 1 aromatic rings. The molecule has 6 heteroatoms. The predicted octanol–water partition coefficient (Wildman–Crippen LogP) is 2.15. The summed E-state index contributed by atoms with van der Waals surface area (Å²) in [4.78, 5) is 23.3. The highest BCUT2D eigenvalue weighted by atomic mass is 35.5. The third-order valence-electron chi connectivity index (χ3n) is 2.63. The number of hydrogen-bond donors (Lipinski definition) is 2. The molecule has 0 fully saturated rings. The number of carbonyl (C=O) groups is 2. The molecule has 1 rings (SSSR count). The van der Waals surface area contributed by atoms with Crippen LogP contribution >= 0.6 is 11.6 Å². The van der Waals surface area contributed by atoms with Gasteiger partial charge in [-0.2, -0.15) is 0 Å². The zero-order chi connectivity index (χ0) is 15.1. The first-order chi connectivity index (χ1) is 9.49. The Morgan fingerprint density at radius 3 is 2.80 bits per heavy atom. The van der Waals surface area contributed by atoms with Gasteiger partial charge in [-0.1, -0.05) is 17.7 Å². The second-order valence-corrected chi connectivity index (χ2v) is 4.49. The summed E-state index contributed by atoms with van der Waals surface area (Å²) in [6.45, 7) is 3.85. The van der Waals surface area contributed by atoms with Crippen LogP contribution in [0.5, 0.6) is 5.75 Å². The van der Waals surface area contributed by atoms with Crippen molar-refractivity contribution in [1.29, 1.82) is 0 Å². The number of carboxylic acid groups (broad SMARTS) is 1. The molecule has 0 saturated heterocycles. The van der Waals surface area contributed by atoms with Gasteiger partial charge in [-0.25, -0.2) is 0 Å². The molecule has 1 atom stereocenters. The first-order valence-electron chi connectivity index (χ1n) is 5.93. The van der Waals surface area contributed by atoms with Crippen molar-refractivity contribution < 1.29 is 19.4 Å². The lowest BCUT2D eigenvalue weighted by molar-refractivity contribution is -0.137. The molecule has 0 aliphatic heterocycles. The van der Waals surface area contributed by atoms with Crippen LogP contribution in [0, 0.1) is 0 Å². The quantitative estimate of drug-likeness (QED) is 0.568. The van der Waals surface area contributed by atoms with Crippen LogP contribution in [0.1, 0.15) is 16.8 Å². The van der Waals surface area contributed by atoms with Crippen LogP contribution in [-0.4, -0.2) is 36.6 Å². The number of benzene rings is 1. The van der Waals surface area contributed by atoms with Crippen LogP contribution in [0.15, 0.2) is 30.9 Å². The molecule has 0 saturated carbocycles. The van der Waals surface area contributed by atoms with Crippen LogP contribution in [-0.2, 0) is 4.79 Å². The maximum atomic E-state index is 12.4. The minimum absolute atomic E-state index is 0.253. The van der Waals surface area contributed by atoms with Crippen molar-refractivity contribution in [3.63, 3.8) is 0 Å². The fraction of sp³-hybridized carbons (Fsp3) is 0.286. The van der Waals surface area contributed by atoms with Crippen molar-refractivity contribution in [1.82, 2.24) is 5.32 Å². The van der Waals surface area contributed by atoms with E-state index < -0.39 is 12.0 Å². The second-order valence-electron chi connectivity index (χ2n) is 4.06. The topological polar surface area (TPSA) is 75.6 Å². The summed E-state index contributed by atoms with van der Waals surface area (Å²) in [5.74, 6) is -1.09. The molecule has 5 nitrogen and oxygen atoms in total. The van der Waals surface area contributed by atoms with Crippen molar-refractivity contribution in [2.45, 2.75) is 12.5 Å². The highest BCUT2D eigenvalue weighted by molar-refractivity contribution is 6.31. The number of carbonyl (C=O) groups excluding carboxylic acids is 1. The van der Waals surface area contributed by atoms with Gasteiger partial charge in [0.15, 0.2) is 5.78 Å². The highest BCUT2D eigenvalue weighted by Gasteiger charge is 2.25. The van der Waals surface area contributed by atoms with Gasteiger partial charge in [0.05, 0.1) is 25.1 Å². The lowest BCUT2D eigenvalue weighted by Crippen LogP contribution is -2.38. The Bertz CT molecular complexity index is 516. The van der Waals surface area contributed by atoms with E-state index in [1.807, 2.05) is 0 Å². The van der Waals surface area contributed by atoms with E-state index in [0.717, 1.165) is 0 Å². The third-order valence-corrected chi connectivity index (χ3v) is 2.87. The van der Waals surface area contributed by atoms with Crippen molar-refractivity contribution in [3.05, 3.63) is 41.4 Å². The van der Waals surface area contributed by atoms with Gasteiger partial charge in [0.25, 0.3) is 0 Å². The Morgan fingerprint density at radius 2 is 2.25 bits per heavy atom. The summed E-state index contributed by atoms with van der Waals surface area (Å²) in [7, 11) is 1.43. The van der Waals surface area contributed by atoms with E-state index in [4.69, 9.17) is 21.4 Å². The number of ether oxygens (including phenoxy) is 1. The fourth-order valence-electron chi connectivity index (χ4n) is 1.72. The number of rotatable bonds is 8. The van der Waals surface area contributed by atoms with Crippen LogP contribution in [0.25, 0.3) is 0 Å². The maximum absolute atomic E-state index is 12.4. The average molecular weight is 298 g/mol. The molecule has 108 valence electrons. The molecule has 2 N–H and O–H groups in total. The minimum atomic E-state index is -1.07. The number of aliphatic carboxylic acids is 1. The monoisotopic (exact) mass is 297 g/mol. The van der Waals surface area contributed by atoms with E-state index in [2.05, 4.69) is 11.9 Å². The summed E-state index contributed by atoms with van der Waals surface area (Å²) in [5, 5.41) is 12.1. The standard InChI is InChI=1S/C14H16ClNO4/c1-3-6-16-11(8-13(17)18)14(19)10-7-9(15)4-5-12(10)20-2/h3-5,7,11,16H,1,6,8H2,2H3,(H,17,18). The highest BCUT2D eigenvalue weighted by Crippen LogP contribution is 2.24. The zero-order valence-electron chi connectivity index (χ0n) is 11.1. The van der Waals surface area contributed by atoms with Gasteiger partial charge in [-0.3, -0.25) is 9.59 Å². The second kappa shape index (κ2) is 7.67. The molecule has 0 radical (unpaired) electrons. The molecule has 1 unspecified atom stereocenters. The van der Waals surface area contributed by atoms with Crippen molar-refractivity contribution in [3.8, 4) is 5.75 Å². The van der Waals surface area contributed by atoms with E-state index in [0.29, 0.717) is 17.3 Å². The molecule has 0 amide bonds. The smallest absolute Gasteiger partial charge is 0.305 e. The summed E-state index contributed by atoms with van der Waals surface area (Å²) < 4.78 is 5.11. The summed E-state index contributed by atoms with van der Waals surface area (Å²) in [6.07, 6.45) is 1.22. The molecular formula is C14H16ClNO4. The van der Waals surface area contributed by atoms with E-state index in [1.165, 1.54) is 13.2 Å². The number of nitrogens with one attached hydrogen (secondary N) is 1. The van der Waals surface area contributed by atoms with Gasteiger partial charge >= 0.3 is 5.97 Å². The molecule has 0 spiro atoms. The summed E-state index contributed by atoms with van der Waals surface area (Å²) in [6, 6.07) is 3.77. The van der Waals surface area contributed by atoms with Gasteiger partial charge in [0.1, 0.15) is 5.75 Å². The molecule has 0 aliphatic carbocycles. The van der Waals surface area contributed by atoms with Crippen LogP contribution in [0.4, 0.5) is 0 Å². The van der Waals surface area contributed by atoms with Gasteiger partial charge in [-0.15, -0.1) is 6.58 Å². The Labute approximate surface area is 122 Å². The van der Waals surface area contributed by atoms with Gasteiger partial charge in [0, 0.05) is 11.6 Å². The van der Waals surface area contributed by atoms with Crippen molar-refractivity contribution >= 4 is 23.4 Å². The van der Waals surface area contributed by atoms with Gasteiger partial charge in [-0.05, 0) is 18.2 Å². The first kappa shape index (κ1) is 16.2. The first-order valence-corrected chi connectivity index (χ1v) is 6.31. The average Bonchev–Trinajstić information content (AvgIpc) is 2.42. The number of hydrogen-bond acceptors (Lipinski definition) is 4. The summed E-state index contributed by atoms with van der Waals surface area (Å²) >= 11 is 5.87. The number of methoxy groups -OCH3 is 1. The number of carboxylic acids is 1. The molecule has 0 heterocycles. The van der Waals surface area contributed by atoms with E-state index in [9.17, 15) is 9.59 Å². The molecular weight excluding hydrogens is 282 g/mol. The van der Waals surface area contributed by atoms with Gasteiger partial charge in [0.2, 0.25) is 0 Å². The minimum Gasteiger partial charge on any atom is -0.496 e. The molecule has 0 aromatic heterocycles. The van der Waals surface area contributed by atoms with Crippen LogP contribution in [0.3, 0.4) is 0 Å². The largest absolute Gasteiger partial charge is 0.496 e. The number of ketones is 1. The Morgan fingerprint density at radius 1 is 1.55 bits per heavy atom. The Hall–Kier alpha value is -1.85. The SMILES string of the molecule is C=CCNC(CC(=O)O)C(=O)c1cc(Cl)ccc1OC. The van der Waals surface area contributed by atoms with Crippen LogP contribution in [0.2, 0.25) is 5.02 Å². The zero-order valence-corrected chi connectivity index (χ0v) is 11.8. The number of Topliss-reactive ketones (excluding diaryl/α,β-unsaturated/α-hetero) is 1. The fourth-order valence-corrected chi connectivity index (χ4v) is 1.89.